The van der Waals surface area contributed by atoms with Crippen molar-refractivity contribution in [3.63, 3.8) is 0 Å². The van der Waals surface area contributed by atoms with Gasteiger partial charge in [0, 0.05) is 25.5 Å². The maximum Gasteiger partial charge on any atom is 0.223 e. The van der Waals surface area contributed by atoms with E-state index < -0.39 is 0 Å². The smallest absolute Gasteiger partial charge is 0.223 e. The Morgan fingerprint density at radius 2 is 2.11 bits per heavy atom. The highest BCUT2D eigenvalue weighted by atomic mass is 16.5. The summed E-state index contributed by atoms with van der Waals surface area (Å²) in [5, 5.41) is 9.05. The molecule has 2 rings (SSSR count). The first-order chi connectivity index (χ1) is 9.24. The van der Waals surface area contributed by atoms with Crippen LogP contribution in [-0.4, -0.2) is 49.3 Å². The van der Waals surface area contributed by atoms with E-state index in [2.05, 4.69) is 0 Å². The number of amides is 1. The van der Waals surface area contributed by atoms with Crippen molar-refractivity contribution in [3.05, 3.63) is 24.3 Å². The third-order valence-corrected chi connectivity index (χ3v) is 3.24. The van der Waals surface area contributed by atoms with Crippen LogP contribution in [0.4, 0.5) is 0 Å². The third-order valence-electron chi connectivity index (χ3n) is 3.24. The normalized spacial score (nSPS) is 18.7. The Hall–Kier alpha value is -1.75. The molecule has 1 aliphatic heterocycles. The van der Waals surface area contributed by atoms with Gasteiger partial charge in [-0.05, 0) is 12.1 Å². The van der Waals surface area contributed by atoms with Crippen LogP contribution >= 0.6 is 0 Å². The van der Waals surface area contributed by atoms with E-state index in [0.717, 1.165) is 0 Å². The number of para-hydroxylation sites is 2. The van der Waals surface area contributed by atoms with Crippen LogP contribution in [0, 0.1) is 5.92 Å². The first kappa shape index (κ1) is 13.7. The third kappa shape index (κ3) is 3.38. The Morgan fingerprint density at radius 3 is 2.74 bits per heavy atom. The fraction of sp³-hybridized carbons (Fsp3) is 0.500. The van der Waals surface area contributed by atoms with Crippen LogP contribution in [0.25, 0.3) is 0 Å². The molecule has 1 aliphatic rings. The van der Waals surface area contributed by atoms with Gasteiger partial charge in [0.15, 0.2) is 11.5 Å². The van der Waals surface area contributed by atoms with Gasteiger partial charge in [-0.2, -0.15) is 0 Å². The quantitative estimate of drug-likeness (QED) is 0.830. The lowest BCUT2D eigenvalue weighted by molar-refractivity contribution is -0.128. The molecule has 1 N–H and O–H groups in total. The number of hydrogen-bond acceptors (Lipinski definition) is 4. The van der Waals surface area contributed by atoms with Crippen LogP contribution in [0.1, 0.15) is 6.42 Å². The predicted molar refractivity (Wildman–Crippen MR) is 70.3 cm³/mol. The second-order valence-corrected chi connectivity index (χ2v) is 4.59. The van der Waals surface area contributed by atoms with E-state index in [1.54, 1.807) is 12.0 Å². The number of carbonyl (C=O) groups is 1. The minimum Gasteiger partial charge on any atom is -0.493 e. The molecule has 0 aliphatic carbocycles. The standard InChI is InChI=1S/C14H19NO4/c1-18-12-4-2-3-5-13(12)19-7-6-15-9-11(10-16)8-14(15)17/h2-5,11,16H,6-10H2,1H3. The summed E-state index contributed by atoms with van der Waals surface area (Å²) in [5.41, 5.74) is 0. The summed E-state index contributed by atoms with van der Waals surface area (Å²) in [6.07, 6.45) is 0.436. The number of rotatable bonds is 6. The van der Waals surface area contributed by atoms with Gasteiger partial charge in [0.1, 0.15) is 6.61 Å². The van der Waals surface area contributed by atoms with Crippen LogP contribution < -0.4 is 9.47 Å². The Morgan fingerprint density at radius 1 is 1.37 bits per heavy atom. The number of benzene rings is 1. The lowest BCUT2D eigenvalue weighted by Crippen LogP contribution is -2.30. The minimum atomic E-state index is 0.0651. The largest absolute Gasteiger partial charge is 0.493 e. The molecule has 1 saturated heterocycles. The molecular formula is C14H19NO4. The Bertz CT molecular complexity index is 435. The van der Waals surface area contributed by atoms with Gasteiger partial charge in [-0.3, -0.25) is 4.79 Å². The van der Waals surface area contributed by atoms with Crippen molar-refractivity contribution in [2.75, 3.05) is 33.4 Å². The van der Waals surface area contributed by atoms with E-state index in [-0.39, 0.29) is 18.4 Å². The summed E-state index contributed by atoms with van der Waals surface area (Å²) in [4.78, 5) is 13.4. The zero-order valence-corrected chi connectivity index (χ0v) is 11.0. The van der Waals surface area contributed by atoms with E-state index in [4.69, 9.17) is 14.6 Å². The van der Waals surface area contributed by atoms with Gasteiger partial charge in [-0.1, -0.05) is 12.1 Å². The summed E-state index contributed by atoms with van der Waals surface area (Å²) in [7, 11) is 1.60. The highest BCUT2D eigenvalue weighted by Crippen LogP contribution is 2.25. The first-order valence-electron chi connectivity index (χ1n) is 6.39. The summed E-state index contributed by atoms with van der Waals surface area (Å²) >= 11 is 0. The maximum atomic E-state index is 11.6. The Balaban J connectivity index is 1.82. The molecule has 1 unspecified atom stereocenters. The van der Waals surface area contributed by atoms with Crippen LogP contribution in [0.5, 0.6) is 11.5 Å². The SMILES string of the molecule is COc1ccccc1OCCN1CC(CO)CC1=O. The molecule has 1 aromatic carbocycles. The number of aliphatic hydroxyl groups is 1. The number of hydrogen-bond donors (Lipinski definition) is 1. The molecule has 0 saturated carbocycles. The van der Waals surface area contributed by atoms with Crippen molar-refractivity contribution in [2.45, 2.75) is 6.42 Å². The molecule has 1 amide bonds. The molecule has 5 heteroatoms. The number of likely N-dealkylation sites (tertiary alicyclic amines) is 1. The van der Waals surface area contributed by atoms with Gasteiger partial charge < -0.3 is 19.5 Å². The summed E-state index contributed by atoms with van der Waals surface area (Å²) < 4.78 is 10.8. The highest BCUT2D eigenvalue weighted by Gasteiger charge is 2.28. The van der Waals surface area contributed by atoms with E-state index in [9.17, 15) is 4.79 Å². The molecular weight excluding hydrogens is 246 g/mol. The van der Waals surface area contributed by atoms with Crippen molar-refractivity contribution < 1.29 is 19.4 Å². The average Bonchev–Trinajstić information content (AvgIpc) is 2.80. The van der Waals surface area contributed by atoms with Gasteiger partial charge in [0.2, 0.25) is 5.91 Å². The van der Waals surface area contributed by atoms with Crippen LogP contribution in [-0.2, 0) is 4.79 Å². The monoisotopic (exact) mass is 265 g/mol. The average molecular weight is 265 g/mol. The van der Waals surface area contributed by atoms with Crippen molar-refractivity contribution in [1.82, 2.24) is 4.90 Å². The second-order valence-electron chi connectivity index (χ2n) is 4.59. The Labute approximate surface area is 112 Å². The van der Waals surface area contributed by atoms with Crippen molar-refractivity contribution in [3.8, 4) is 11.5 Å². The number of ether oxygens (including phenoxy) is 2. The van der Waals surface area contributed by atoms with Crippen LogP contribution in [0.2, 0.25) is 0 Å². The molecule has 1 aromatic rings. The molecule has 1 atom stereocenters. The van der Waals surface area contributed by atoms with Gasteiger partial charge in [0.25, 0.3) is 0 Å². The minimum absolute atomic E-state index is 0.0651. The lowest BCUT2D eigenvalue weighted by atomic mass is 10.1. The summed E-state index contributed by atoms with van der Waals surface area (Å²) in [5.74, 6) is 1.51. The zero-order chi connectivity index (χ0) is 13.7. The lowest BCUT2D eigenvalue weighted by Gasteiger charge is -2.17. The molecule has 104 valence electrons. The van der Waals surface area contributed by atoms with Crippen LogP contribution in [0.15, 0.2) is 24.3 Å². The molecule has 1 heterocycles. The number of nitrogens with zero attached hydrogens (tertiary/aromatic N) is 1. The molecule has 0 spiro atoms. The van der Waals surface area contributed by atoms with Crippen molar-refractivity contribution in [1.29, 1.82) is 0 Å². The molecule has 5 nitrogen and oxygen atoms in total. The first-order valence-corrected chi connectivity index (χ1v) is 6.39. The van der Waals surface area contributed by atoms with E-state index >= 15 is 0 Å². The molecule has 0 radical (unpaired) electrons. The van der Waals surface area contributed by atoms with E-state index in [1.807, 2.05) is 24.3 Å². The Kier molecular flexibility index (Phi) is 4.63. The topological polar surface area (TPSA) is 59.0 Å². The van der Waals surface area contributed by atoms with Gasteiger partial charge in [-0.25, -0.2) is 0 Å². The van der Waals surface area contributed by atoms with Gasteiger partial charge >= 0.3 is 0 Å². The van der Waals surface area contributed by atoms with Crippen molar-refractivity contribution >= 4 is 5.91 Å². The maximum absolute atomic E-state index is 11.6. The molecule has 1 fully saturated rings. The molecule has 19 heavy (non-hydrogen) atoms. The summed E-state index contributed by atoms with van der Waals surface area (Å²) in [6.45, 7) is 1.64. The second kappa shape index (κ2) is 6.43. The zero-order valence-electron chi connectivity index (χ0n) is 11.0. The number of carbonyl (C=O) groups excluding carboxylic acids is 1. The highest BCUT2D eigenvalue weighted by molar-refractivity contribution is 5.78. The predicted octanol–water partition coefficient (Wildman–Crippen LogP) is 0.915. The molecule has 0 aromatic heterocycles. The van der Waals surface area contributed by atoms with Crippen LogP contribution in [0.3, 0.4) is 0 Å². The summed E-state index contributed by atoms with van der Waals surface area (Å²) in [6, 6.07) is 7.42. The van der Waals surface area contributed by atoms with Crippen molar-refractivity contribution in [2.24, 2.45) is 5.92 Å². The van der Waals surface area contributed by atoms with E-state index in [0.29, 0.717) is 37.6 Å². The fourth-order valence-electron chi connectivity index (χ4n) is 2.20. The number of methoxy groups -OCH3 is 1. The van der Waals surface area contributed by atoms with Gasteiger partial charge in [0.05, 0.1) is 13.7 Å². The fourth-order valence-corrected chi connectivity index (χ4v) is 2.20. The van der Waals surface area contributed by atoms with Gasteiger partial charge in [-0.15, -0.1) is 0 Å². The molecule has 0 bridgehead atoms. The number of aliphatic hydroxyl groups excluding tert-OH is 1. The van der Waals surface area contributed by atoms with E-state index in [1.165, 1.54) is 0 Å².